The fourth-order valence-corrected chi connectivity index (χ4v) is 4.54. The van der Waals surface area contributed by atoms with Gasteiger partial charge in [-0.25, -0.2) is 4.57 Å². The SMILES string of the molecule is Cc1cnc2c(c1-n1cc[n+]3c1-c1ccccc1C3)-c1ccccc1C2. The number of hydrogen-bond acceptors (Lipinski definition) is 1. The van der Waals surface area contributed by atoms with E-state index in [0.29, 0.717) is 0 Å². The summed E-state index contributed by atoms with van der Waals surface area (Å²) < 4.78 is 4.71. The van der Waals surface area contributed by atoms with Gasteiger partial charge in [-0.2, -0.15) is 4.57 Å². The Labute approximate surface area is 152 Å². The van der Waals surface area contributed by atoms with Crippen molar-refractivity contribution in [1.82, 2.24) is 9.55 Å². The van der Waals surface area contributed by atoms with E-state index >= 15 is 0 Å². The molecular formula is C23H18N3+. The lowest BCUT2D eigenvalue weighted by molar-refractivity contribution is -0.671. The lowest BCUT2D eigenvalue weighted by atomic mass is 10.0. The van der Waals surface area contributed by atoms with Crippen molar-refractivity contribution in [1.29, 1.82) is 0 Å². The molecule has 2 aliphatic rings. The lowest BCUT2D eigenvalue weighted by Crippen LogP contribution is -2.30. The third kappa shape index (κ3) is 1.72. The van der Waals surface area contributed by atoms with Gasteiger partial charge in [0.2, 0.25) is 0 Å². The molecule has 6 rings (SSSR count). The smallest absolute Gasteiger partial charge is 0.260 e. The highest BCUT2D eigenvalue weighted by molar-refractivity contribution is 5.84. The first-order valence-corrected chi connectivity index (χ1v) is 9.07. The van der Waals surface area contributed by atoms with Crippen molar-refractivity contribution < 1.29 is 4.57 Å². The first-order valence-electron chi connectivity index (χ1n) is 9.07. The van der Waals surface area contributed by atoms with Crippen LogP contribution in [0.4, 0.5) is 0 Å². The molecule has 0 N–H and O–H groups in total. The van der Waals surface area contributed by atoms with Gasteiger partial charge in [-0.1, -0.05) is 42.5 Å². The van der Waals surface area contributed by atoms with Crippen LogP contribution in [0.15, 0.2) is 67.1 Å². The molecule has 3 nitrogen and oxygen atoms in total. The summed E-state index contributed by atoms with van der Waals surface area (Å²) >= 11 is 0. The molecule has 0 fully saturated rings. The number of hydrogen-bond donors (Lipinski definition) is 0. The van der Waals surface area contributed by atoms with E-state index < -0.39 is 0 Å². The molecule has 0 saturated heterocycles. The lowest BCUT2D eigenvalue weighted by Gasteiger charge is -2.10. The van der Waals surface area contributed by atoms with Crippen LogP contribution in [-0.2, 0) is 13.0 Å². The minimum absolute atomic E-state index is 0.923. The molecule has 0 amide bonds. The van der Waals surface area contributed by atoms with E-state index in [4.69, 9.17) is 4.98 Å². The van der Waals surface area contributed by atoms with E-state index in [-0.39, 0.29) is 0 Å². The Hall–Kier alpha value is -3.20. The van der Waals surface area contributed by atoms with Crippen molar-refractivity contribution >= 4 is 0 Å². The number of nitrogens with zero attached hydrogens (tertiary/aromatic N) is 3. The molecule has 0 saturated carbocycles. The first-order chi connectivity index (χ1) is 12.8. The van der Waals surface area contributed by atoms with Crippen LogP contribution in [0.25, 0.3) is 28.2 Å². The number of benzene rings is 2. The molecular weight excluding hydrogens is 318 g/mol. The average Bonchev–Trinajstić information content (AvgIpc) is 3.33. The number of rotatable bonds is 1. The molecule has 0 bridgehead atoms. The highest BCUT2D eigenvalue weighted by Crippen LogP contribution is 2.42. The molecule has 4 aromatic rings. The highest BCUT2D eigenvalue weighted by atomic mass is 15.2. The number of aryl methyl sites for hydroxylation is 1. The van der Waals surface area contributed by atoms with Gasteiger partial charge in [-0.05, 0) is 24.1 Å². The van der Waals surface area contributed by atoms with Crippen LogP contribution in [0.5, 0.6) is 0 Å². The average molecular weight is 336 g/mol. The van der Waals surface area contributed by atoms with Crippen LogP contribution in [-0.4, -0.2) is 9.55 Å². The van der Waals surface area contributed by atoms with E-state index in [9.17, 15) is 0 Å². The van der Waals surface area contributed by atoms with Crippen molar-refractivity contribution in [3.05, 3.63) is 89.5 Å². The number of pyridine rings is 1. The van der Waals surface area contributed by atoms with Crippen LogP contribution in [0, 0.1) is 6.92 Å². The summed E-state index contributed by atoms with van der Waals surface area (Å²) in [6.45, 7) is 3.11. The zero-order valence-corrected chi connectivity index (χ0v) is 14.6. The van der Waals surface area contributed by atoms with Crippen molar-refractivity contribution in [2.75, 3.05) is 0 Å². The quantitative estimate of drug-likeness (QED) is 0.415. The van der Waals surface area contributed by atoms with Crippen molar-refractivity contribution in [3.8, 4) is 28.2 Å². The Morgan fingerprint density at radius 2 is 1.73 bits per heavy atom. The molecule has 0 spiro atoms. The molecule has 0 radical (unpaired) electrons. The molecule has 2 aromatic carbocycles. The zero-order chi connectivity index (χ0) is 17.3. The summed E-state index contributed by atoms with van der Waals surface area (Å²) in [5, 5.41) is 0. The minimum atomic E-state index is 0.923. The second-order valence-corrected chi connectivity index (χ2v) is 7.22. The number of fused-ring (bicyclic) bond motifs is 6. The summed E-state index contributed by atoms with van der Waals surface area (Å²) in [5.74, 6) is 1.27. The van der Waals surface area contributed by atoms with Crippen molar-refractivity contribution in [2.45, 2.75) is 19.9 Å². The molecule has 3 heterocycles. The van der Waals surface area contributed by atoms with E-state index in [2.05, 4.69) is 77.0 Å². The molecule has 0 atom stereocenters. The zero-order valence-electron chi connectivity index (χ0n) is 14.6. The standard InChI is InChI=1S/C23H18N3/c1-15-13-24-20-12-16-6-2-4-8-18(16)21(20)22(15)26-11-10-25-14-17-7-3-5-9-19(17)23(25)26/h2-11,13H,12,14H2,1H3/q+1. The van der Waals surface area contributed by atoms with Crippen molar-refractivity contribution in [3.63, 3.8) is 0 Å². The highest BCUT2D eigenvalue weighted by Gasteiger charge is 2.34. The molecule has 1 aliphatic carbocycles. The number of aromatic nitrogens is 3. The Balaban J connectivity index is 1.67. The summed E-state index contributed by atoms with van der Waals surface area (Å²) in [6, 6.07) is 17.4. The summed E-state index contributed by atoms with van der Waals surface area (Å²) in [6.07, 6.45) is 7.35. The molecule has 26 heavy (non-hydrogen) atoms. The monoisotopic (exact) mass is 336 g/mol. The third-order valence-corrected chi connectivity index (χ3v) is 5.69. The molecule has 2 aromatic heterocycles. The third-order valence-electron chi connectivity index (χ3n) is 5.69. The normalized spacial score (nSPS) is 13.3. The van der Waals surface area contributed by atoms with E-state index in [1.54, 1.807) is 0 Å². The second-order valence-electron chi connectivity index (χ2n) is 7.22. The van der Waals surface area contributed by atoms with Gasteiger partial charge in [-0.15, -0.1) is 0 Å². The molecule has 124 valence electrons. The minimum Gasteiger partial charge on any atom is -0.260 e. The van der Waals surface area contributed by atoms with Crippen LogP contribution in [0.3, 0.4) is 0 Å². The van der Waals surface area contributed by atoms with Gasteiger partial charge in [0.05, 0.1) is 16.8 Å². The maximum Gasteiger partial charge on any atom is 0.294 e. The maximum absolute atomic E-state index is 4.76. The van der Waals surface area contributed by atoms with E-state index in [0.717, 1.165) is 13.0 Å². The van der Waals surface area contributed by atoms with Gasteiger partial charge in [0, 0.05) is 23.7 Å². The predicted octanol–water partition coefficient (Wildman–Crippen LogP) is 4.07. The Bertz CT molecular complexity index is 1200. The topological polar surface area (TPSA) is 21.7 Å². The maximum atomic E-state index is 4.76. The number of imidazole rings is 1. The summed E-state index contributed by atoms with van der Waals surface area (Å²) in [5.41, 5.74) is 10.4. The molecule has 0 unspecified atom stereocenters. The van der Waals surface area contributed by atoms with E-state index in [1.165, 1.54) is 50.6 Å². The Morgan fingerprint density at radius 1 is 0.962 bits per heavy atom. The Morgan fingerprint density at radius 3 is 2.62 bits per heavy atom. The fourth-order valence-electron chi connectivity index (χ4n) is 4.54. The predicted molar refractivity (Wildman–Crippen MR) is 101 cm³/mol. The van der Waals surface area contributed by atoms with Gasteiger partial charge in [0.25, 0.3) is 5.82 Å². The van der Waals surface area contributed by atoms with Crippen LogP contribution < -0.4 is 4.57 Å². The van der Waals surface area contributed by atoms with Gasteiger partial charge in [0.15, 0.2) is 0 Å². The van der Waals surface area contributed by atoms with Gasteiger partial charge in [0.1, 0.15) is 24.6 Å². The van der Waals surface area contributed by atoms with Crippen LogP contribution in [0.1, 0.15) is 22.4 Å². The van der Waals surface area contributed by atoms with E-state index in [1.807, 2.05) is 6.20 Å². The molecule has 1 aliphatic heterocycles. The Kier molecular flexibility index (Phi) is 2.65. The summed E-state index contributed by atoms with van der Waals surface area (Å²) in [7, 11) is 0. The van der Waals surface area contributed by atoms with Crippen LogP contribution >= 0.6 is 0 Å². The fraction of sp³-hybridized carbons (Fsp3) is 0.130. The largest absolute Gasteiger partial charge is 0.294 e. The van der Waals surface area contributed by atoms with Gasteiger partial charge < -0.3 is 0 Å². The molecule has 3 heteroatoms. The van der Waals surface area contributed by atoms with Crippen LogP contribution in [0.2, 0.25) is 0 Å². The summed E-state index contributed by atoms with van der Waals surface area (Å²) in [4.78, 5) is 4.76. The van der Waals surface area contributed by atoms with Gasteiger partial charge >= 0.3 is 0 Å². The first kappa shape index (κ1) is 14.0. The second kappa shape index (κ2) is 4.92. The van der Waals surface area contributed by atoms with Crippen molar-refractivity contribution in [2.24, 2.45) is 0 Å². The van der Waals surface area contributed by atoms with Gasteiger partial charge in [-0.3, -0.25) is 4.98 Å².